The molecular weight excluding hydrogens is 119 g/mol. The third-order valence-corrected chi connectivity index (χ3v) is 0.827. The van der Waals surface area contributed by atoms with Gasteiger partial charge in [0, 0.05) is 6.15 Å². The Labute approximate surface area is 53.1 Å². The van der Waals surface area contributed by atoms with Gasteiger partial charge in [-0.3, -0.25) is 0 Å². The van der Waals surface area contributed by atoms with Crippen molar-refractivity contribution in [1.82, 2.24) is 11.9 Å². The van der Waals surface area contributed by atoms with Gasteiger partial charge in [0.15, 0.2) is 0 Å². The van der Waals surface area contributed by atoms with Crippen LogP contribution in [0.5, 0.6) is 0 Å². The van der Waals surface area contributed by atoms with E-state index < -0.39 is 0 Å². The summed E-state index contributed by atoms with van der Waals surface area (Å²) in [5.74, 6) is -0.331. The van der Waals surface area contributed by atoms with Crippen molar-refractivity contribution in [2.24, 2.45) is 0 Å². The lowest BCUT2D eigenvalue weighted by Crippen LogP contribution is -1.70. The fourth-order valence-corrected chi connectivity index (χ4v) is 0.441. The molecule has 0 aliphatic heterocycles. The van der Waals surface area contributed by atoms with Gasteiger partial charge >= 0.3 is 0 Å². The van der Waals surface area contributed by atoms with Gasteiger partial charge in [-0.05, 0) is 24.3 Å². The van der Waals surface area contributed by atoms with Crippen LogP contribution in [0.3, 0.4) is 0 Å². The van der Waals surface area contributed by atoms with E-state index >= 15 is 0 Å². The molecule has 0 unspecified atom stereocenters. The normalized spacial score (nSPS) is 8.11. The summed E-state index contributed by atoms with van der Waals surface area (Å²) in [6.07, 6.45) is 0. The zero-order valence-corrected chi connectivity index (χ0v) is 4.58. The molecule has 3 heteroatoms. The van der Waals surface area contributed by atoms with Crippen LogP contribution in [0, 0.1) is 5.82 Å². The van der Waals surface area contributed by atoms with Crippen LogP contribution in [-0.2, 0) is 0 Å². The van der Waals surface area contributed by atoms with Crippen molar-refractivity contribution >= 4 is 5.69 Å². The van der Waals surface area contributed by atoms with E-state index in [-0.39, 0.29) is 17.7 Å². The number of rotatable bonds is 0. The first kappa shape index (κ1) is 7.91. The second-order valence-corrected chi connectivity index (χ2v) is 1.48. The number of hydrogen-bond donors (Lipinski definition) is 0. The maximum atomic E-state index is 12.0. The molecule has 0 spiro atoms. The molecule has 0 N–H and O–H groups in total. The van der Waals surface area contributed by atoms with Crippen LogP contribution in [0.4, 0.5) is 10.1 Å². The summed E-state index contributed by atoms with van der Waals surface area (Å²) < 4.78 is 12.0. The van der Waals surface area contributed by atoms with Crippen molar-refractivity contribution in [2.75, 3.05) is 0 Å². The molecule has 45 valence electrons. The first-order chi connectivity index (χ1) is 3.79. The van der Waals surface area contributed by atoms with Gasteiger partial charge in [-0.1, -0.05) is 0 Å². The van der Waals surface area contributed by atoms with E-state index in [0.29, 0.717) is 0 Å². The molecule has 0 saturated carbocycles. The van der Waals surface area contributed by atoms with E-state index in [1.54, 1.807) is 0 Å². The molecule has 1 aromatic carbocycles. The Hall–Kier alpha value is -1.09. The Balaban J connectivity index is 0.000000640. The van der Waals surface area contributed by atoms with Gasteiger partial charge in [-0.15, -0.1) is 0 Å². The van der Waals surface area contributed by atoms with Crippen molar-refractivity contribution in [1.29, 1.82) is 0 Å². The Bertz CT molecular complexity index is 150. The van der Waals surface area contributed by atoms with E-state index in [4.69, 9.17) is 5.73 Å². The molecule has 0 aliphatic rings. The first-order valence-electron chi connectivity index (χ1n) is 2.23. The lowest BCUT2D eigenvalue weighted by Gasteiger charge is -1.84. The largest absolute Gasteiger partial charge is 0.207 e. The van der Waals surface area contributed by atoms with E-state index in [1.165, 1.54) is 24.3 Å². The Morgan fingerprint density at radius 1 is 1.11 bits per heavy atom. The van der Waals surface area contributed by atoms with Crippen molar-refractivity contribution in [3.63, 3.8) is 0 Å². The van der Waals surface area contributed by atoms with Gasteiger partial charge < -0.3 is 0 Å². The highest BCUT2D eigenvalue weighted by atomic mass is 19.1. The maximum Gasteiger partial charge on any atom is 0.123 e. The summed E-state index contributed by atoms with van der Waals surface area (Å²) in [7, 11) is 0. The average molecular weight is 123 g/mol. The molecule has 5 radical (unpaired) electrons. The SMILES string of the molecule is [N].[N]c1ccc(F)cc1. The van der Waals surface area contributed by atoms with Crippen molar-refractivity contribution in [3.05, 3.63) is 30.1 Å². The van der Waals surface area contributed by atoms with E-state index in [9.17, 15) is 4.39 Å². The second-order valence-electron chi connectivity index (χ2n) is 1.48. The Morgan fingerprint density at radius 3 is 1.89 bits per heavy atom. The first-order valence-corrected chi connectivity index (χ1v) is 2.23. The molecule has 0 saturated heterocycles. The lowest BCUT2D eigenvalue weighted by molar-refractivity contribution is 0.628. The van der Waals surface area contributed by atoms with Crippen LogP contribution in [0.2, 0.25) is 0 Å². The summed E-state index contributed by atoms with van der Waals surface area (Å²) in [5.41, 5.74) is 8.68. The number of nitrogens with zero attached hydrogens (tertiary/aromatic N) is 2. The molecular formula is C6H4FN2. The summed E-state index contributed by atoms with van der Waals surface area (Å²) in [6.45, 7) is 0. The van der Waals surface area contributed by atoms with E-state index in [0.717, 1.165) is 0 Å². The highest BCUT2D eigenvalue weighted by molar-refractivity contribution is 5.32. The van der Waals surface area contributed by atoms with Gasteiger partial charge in [0.1, 0.15) is 5.82 Å². The Morgan fingerprint density at radius 2 is 1.56 bits per heavy atom. The Kier molecular flexibility index (Phi) is 2.67. The van der Waals surface area contributed by atoms with Gasteiger partial charge in [-0.2, -0.15) is 5.73 Å². The molecule has 0 fully saturated rings. The molecule has 0 bridgehead atoms. The zero-order valence-electron chi connectivity index (χ0n) is 4.58. The zero-order chi connectivity index (χ0) is 5.98. The third-order valence-electron chi connectivity index (χ3n) is 0.827. The summed E-state index contributed by atoms with van der Waals surface area (Å²) >= 11 is 0. The molecule has 0 amide bonds. The smallest absolute Gasteiger partial charge is 0.123 e. The summed E-state index contributed by atoms with van der Waals surface area (Å²) in [6, 6.07) is 5.01. The molecule has 0 aromatic heterocycles. The standard InChI is InChI=1S/C6H4FN.N/c7-5-1-3-6(8)4-2-5;/h1-4H;. The molecule has 0 aliphatic carbocycles. The average Bonchev–Trinajstić information content (AvgIpc) is 1.77. The van der Waals surface area contributed by atoms with Crippen LogP contribution in [-0.4, -0.2) is 0 Å². The van der Waals surface area contributed by atoms with Gasteiger partial charge in [-0.25, -0.2) is 4.39 Å². The summed E-state index contributed by atoms with van der Waals surface area (Å²) in [5, 5.41) is 0. The number of benzene rings is 1. The molecule has 1 aromatic rings. The third kappa shape index (κ3) is 2.10. The molecule has 0 atom stereocenters. The topological polar surface area (TPSA) is 52.8 Å². The second kappa shape index (κ2) is 3.04. The van der Waals surface area contributed by atoms with Crippen molar-refractivity contribution < 1.29 is 4.39 Å². The van der Waals surface area contributed by atoms with Gasteiger partial charge in [0.2, 0.25) is 0 Å². The predicted molar refractivity (Wildman–Crippen MR) is 30.3 cm³/mol. The maximum absolute atomic E-state index is 12.0. The van der Waals surface area contributed by atoms with Gasteiger partial charge in [0.25, 0.3) is 0 Å². The van der Waals surface area contributed by atoms with E-state index in [1.807, 2.05) is 0 Å². The number of hydrogen-bond acceptors (Lipinski definition) is 0. The molecule has 0 heterocycles. The fourth-order valence-electron chi connectivity index (χ4n) is 0.441. The van der Waals surface area contributed by atoms with Gasteiger partial charge in [0.05, 0.1) is 5.69 Å². The molecule has 1 rings (SSSR count). The predicted octanol–water partition coefficient (Wildman–Crippen LogP) is 1.05. The molecule has 9 heavy (non-hydrogen) atoms. The minimum absolute atomic E-state index is 0. The van der Waals surface area contributed by atoms with Crippen LogP contribution in [0.15, 0.2) is 24.3 Å². The highest BCUT2D eigenvalue weighted by Gasteiger charge is 1.86. The van der Waals surface area contributed by atoms with Crippen LogP contribution in [0.25, 0.3) is 0 Å². The van der Waals surface area contributed by atoms with E-state index in [2.05, 4.69) is 0 Å². The summed E-state index contributed by atoms with van der Waals surface area (Å²) in [4.78, 5) is 0. The fraction of sp³-hybridized carbons (Fsp3) is 0. The van der Waals surface area contributed by atoms with Crippen molar-refractivity contribution in [2.45, 2.75) is 0 Å². The van der Waals surface area contributed by atoms with Crippen LogP contribution < -0.4 is 11.9 Å². The quantitative estimate of drug-likeness (QED) is 0.495. The van der Waals surface area contributed by atoms with Crippen LogP contribution >= 0.6 is 0 Å². The van der Waals surface area contributed by atoms with Crippen molar-refractivity contribution in [3.8, 4) is 0 Å². The molecule has 2 nitrogen and oxygen atoms in total. The minimum Gasteiger partial charge on any atom is -0.207 e. The monoisotopic (exact) mass is 123 g/mol. The lowest BCUT2D eigenvalue weighted by atomic mass is 10.3. The highest BCUT2D eigenvalue weighted by Crippen LogP contribution is 2.03. The van der Waals surface area contributed by atoms with Crippen LogP contribution in [0.1, 0.15) is 0 Å². The minimum atomic E-state index is -0.331. The number of halogens is 1.